The highest BCUT2D eigenvalue weighted by atomic mass is 32.1. The van der Waals surface area contributed by atoms with Gasteiger partial charge in [-0.15, -0.1) is 11.3 Å². The van der Waals surface area contributed by atoms with Crippen LogP contribution in [0.15, 0.2) is 30.3 Å². The minimum absolute atomic E-state index is 0.158. The molecule has 0 radical (unpaired) electrons. The molecule has 0 aliphatic heterocycles. The molecule has 26 heavy (non-hydrogen) atoms. The van der Waals surface area contributed by atoms with Crippen molar-refractivity contribution in [2.75, 3.05) is 10.6 Å². The van der Waals surface area contributed by atoms with Gasteiger partial charge in [0.15, 0.2) is 0 Å². The van der Waals surface area contributed by atoms with Crippen LogP contribution < -0.4 is 10.6 Å². The van der Waals surface area contributed by atoms with E-state index in [1.54, 1.807) is 11.3 Å². The summed E-state index contributed by atoms with van der Waals surface area (Å²) in [5.74, 6) is 0.695. The number of thiophene rings is 1. The summed E-state index contributed by atoms with van der Waals surface area (Å²) < 4.78 is 0. The van der Waals surface area contributed by atoms with E-state index in [0.717, 1.165) is 23.5 Å². The van der Waals surface area contributed by atoms with Gasteiger partial charge < -0.3 is 5.32 Å². The van der Waals surface area contributed by atoms with Crippen molar-refractivity contribution in [1.82, 2.24) is 0 Å². The lowest BCUT2D eigenvalue weighted by Gasteiger charge is -2.22. The quantitative estimate of drug-likeness (QED) is 0.623. The minimum atomic E-state index is -0.158. The van der Waals surface area contributed by atoms with Crippen LogP contribution in [0, 0.1) is 6.92 Å². The fourth-order valence-corrected chi connectivity index (χ4v) is 5.23. The molecule has 1 heterocycles. The zero-order valence-corrected chi connectivity index (χ0v) is 16.1. The van der Waals surface area contributed by atoms with Crippen LogP contribution in [-0.4, -0.2) is 6.03 Å². The van der Waals surface area contributed by atoms with Crippen LogP contribution in [0.3, 0.4) is 0 Å². The maximum atomic E-state index is 12.4. The van der Waals surface area contributed by atoms with Crippen molar-refractivity contribution >= 4 is 34.1 Å². The lowest BCUT2D eigenvalue weighted by Crippen LogP contribution is -2.19. The van der Waals surface area contributed by atoms with E-state index in [0.29, 0.717) is 5.92 Å². The summed E-state index contributed by atoms with van der Waals surface area (Å²) in [6.07, 6.45) is 13.1. The Bertz CT molecular complexity index is 813. The van der Waals surface area contributed by atoms with Crippen molar-refractivity contribution in [2.24, 2.45) is 0 Å². The molecule has 0 saturated heterocycles. The number of hydrogen-bond donors (Lipinski definition) is 2. The molecule has 4 heteroatoms. The molecule has 1 aromatic heterocycles. The number of fused-ring (bicyclic) bond motifs is 1. The topological polar surface area (TPSA) is 41.1 Å². The molecule has 2 aliphatic carbocycles. The molecule has 1 saturated carbocycles. The first-order valence-corrected chi connectivity index (χ1v) is 10.5. The molecule has 3 nitrogen and oxygen atoms in total. The Morgan fingerprint density at radius 1 is 1.08 bits per heavy atom. The number of nitrogens with one attached hydrogen (secondary N) is 2. The average Bonchev–Trinajstić information content (AvgIpc) is 2.99. The van der Waals surface area contributed by atoms with Crippen LogP contribution >= 0.6 is 11.3 Å². The Hall–Kier alpha value is -2.07. The highest BCUT2D eigenvalue weighted by Gasteiger charge is 2.18. The Morgan fingerprint density at radius 3 is 2.62 bits per heavy atom. The standard InChI is InChI=1S/C22H26N2OS/c1-15-19-9-5-6-10-20(19)21(26-15)24-22(25)23-18-13-11-17(12-14-18)16-7-3-2-4-8-16/h5,9,11-14,16H,2-4,6-8,10H2,1H3,(H2,23,24,25). The summed E-state index contributed by atoms with van der Waals surface area (Å²) in [5.41, 5.74) is 4.82. The molecule has 2 amide bonds. The SMILES string of the molecule is Cc1sc(NC(=O)Nc2ccc(C3CCCCC3)cc2)c2c1C=CCC2. The molecule has 136 valence electrons. The van der Waals surface area contributed by atoms with E-state index in [9.17, 15) is 4.79 Å². The van der Waals surface area contributed by atoms with Gasteiger partial charge in [0.1, 0.15) is 5.00 Å². The zero-order valence-electron chi connectivity index (χ0n) is 15.3. The maximum Gasteiger partial charge on any atom is 0.324 e. The highest BCUT2D eigenvalue weighted by Crippen LogP contribution is 2.37. The number of carbonyl (C=O) groups is 1. The minimum Gasteiger partial charge on any atom is -0.308 e. The third-order valence-electron chi connectivity index (χ3n) is 5.55. The van der Waals surface area contributed by atoms with E-state index >= 15 is 0 Å². The first kappa shape index (κ1) is 17.3. The predicted molar refractivity (Wildman–Crippen MR) is 111 cm³/mol. The molecule has 0 spiro atoms. The summed E-state index contributed by atoms with van der Waals surface area (Å²) in [5, 5.41) is 7.01. The number of anilines is 2. The maximum absolute atomic E-state index is 12.4. The summed E-state index contributed by atoms with van der Waals surface area (Å²) in [7, 11) is 0. The van der Waals surface area contributed by atoms with Crippen LogP contribution in [0.25, 0.3) is 6.08 Å². The molecular weight excluding hydrogens is 340 g/mol. The number of aryl methyl sites for hydroxylation is 1. The summed E-state index contributed by atoms with van der Waals surface area (Å²) in [6, 6.07) is 8.25. The van der Waals surface area contributed by atoms with E-state index in [4.69, 9.17) is 0 Å². The summed E-state index contributed by atoms with van der Waals surface area (Å²) >= 11 is 1.67. The number of amides is 2. The highest BCUT2D eigenvalue weighted by molar-refractivity contribution is 7.16. The van der Waals surface area contributed by atoms with Gasteiger partial charge in [0, 0.05) is 10.6 Å². The van der Waals surface area contributed by atoms with Crippen molar-refractivity contribution in [3.63, 3.8) is 0 Å². The fourth-order valence-electron chi connectivity index (χ4n) is 4.14. The van der Waals surface area contributed by atoms with Gasteiger partial charge in [-0.25, -0.2) is 4.79 Å². The Kier molecular flexibility index (Phi) is 5.11. The third-order valence-corrected chi connectivity index (χ3v) is 6.63. The predicted octanol–water partition coefficient (Wildman–Crippen LogP) is 6.71. The van der Waals surface area contributed by atoms with Crippen LogP contribution in [0.4, 0.5) is 15.5 Å². The van der Waals surface area contributed by atoms with Gasteiger partial charge in [-0.05, 0) is 67.3 Å². The molecule has 0 unspecified atom stereocenters. The number of benzene rings is 1. The largest absolute Gasteiger partial charge is 0.324 e. The third kappa shape index (κ3) is 3.70. The number of urea groups is 1. The number of allylic oxidation sites excluding steroid dienone is 1. The monoisotopic (exact) mass is 366 g/mol. The first-order valence-electron chi connectivity index (χ1n) is 9.67. The van der Waals surface area contributed by atoms with E-state index in [1.807, 2.05) is 12.1 Å². The van der Waals surface area contributed by atoms with Crippen molar-refractivity contribution in [3.05, 3.63) is 51.9 Å². The van der Waals surface area contributed by atoms with Crippen LogP contribution in [0.1, 0.15) is 66.0 Å². The second-order valence-electron chi connectivity index (χ2n) is 7.36. The van der Waals surface area contributed by atoms with Crippen molar-refractivity contribution in [3.8, 4) is 0 Å². The van der Waals surface area contributed by atoms with E-state index in [-0.39, 0.29) is 6.03 Å². The second-order valence-corrected chi connectivity index (χ2v) is 8.58. The number of rotatable bonds is 3. The zero-order chi connectivity index (χ0) is 17.9. The van der Waals surface area contributed by atoms with Gasteiger partial charge in [-0.1, -0.05) is 43.5 Å². The molecule has 1 fully saturated rings. The van der Waals surface area contributed by atoms with Gasteiger partial charge in [0.2, 0.25) is 0 Å². The molecule has 4 rings (SSSR count). The molecular formula is C22H26N2OS. The van der Waals surface area contributed by atoms with Gasteiger partial charge in [-0.3, -0.25) is 5.32 Å². The van der Waals surface area contributed by atoms with Crippen LogP contribution in [0.2, 0.25) is 0 Å². The Balaban J connectivity index is 1.40. The van der Waals surface area contributed by atoms with Crippen molar-refractivity contribution in [2.45, 2.75) is 57.8 Å². The second kappa shape index (κ2) is 7.67. The van der Waals surface area contributed by atoms with Gasteiger partial charge in [0.05, 0.1) is 0 Å². The van der Waals surface area contributed by atoms with E-state index in [1.165, 1.54) is 53.7 Å². The van der Waals surface area contributed by atoms with E-state index in [2.05, 4.69) is 41.8 Å². The van der Waals surface area contributed by atoms with Crippen LogP contribution in [0.5, 0.6) is 0 Å². The van der Waals surface area contributed by atoms with Crippen molar-refractivity contribution < 1.29 is 4.79 Å². The normalized spacial score (nSPS) is 17.0. The lowest BCUT2D eigenvalue weighted by atomic mass is 9.84. The summed E-state index contributed by atoms with van der Waals surface area (Å²) in [6.45, 7) is 2.12. The molecule has 2 aliphatic rings. The molecule has 2 N–H and O–H groups in total. The van der Waals surface area contributed by atoms with Gasteiger partial charge in [-0.2, -0.15) is 0 Å². The fraction of sp³-hybridized carbons (Fsp3) is 0.409. The van der Waals surface area contributed by atoms with Crippen LogP contribution in [-0.2, 0) is 6.42 Å². The molecule has 1 aromatic carbocycles. The van der Waals surface area contributed by atoms with Gasteiger partial charge in [0.25, 0.3) is 0 Å². The van der Waals surface area contributed by atoms with Crippen molar-refractivity contribution in [1.29, 1.82) is 0 Å². The lowest BCUT2D eigenvalue weighted by molar-refractivity contribution is 0.262. The first-order chi connectivity index (χ1) is 12.7. The molecule has 0 atom stereocenters. The molecule has 0 bridgehead atoms. The number of carbonyl (C=O) groups excluding carboxylic acids is 1. The molecule has 2 aromatic rings. The number of hydrogen-bond acceptors (Lipinski definition) is 2. The van der Waals surface area contributed by atoms with Gasteiger partial charge >= 0.3 is 6.03 Å². The Labute approximate surface area is 159 Å². The van der Waals surface area contributed by atoms with E-state index < -0.39 is 0 Å². The Morgan fingerprint density at radius 2 is 1.85 bits per heavy atom. The average molecular weight is 367 g/mol. The summed E-state index contributed by atoms with van der Waals surface area (Å²) in [4.78, 5) is 13.7. The smallest absolute Gasteiger partial charge is 0.308 e.